The van der Waals surface area contributed by atoms with E-state index in [2.05, 4.69) is 20.8 Å². The Morgan fingerprint density at radius 2 is 1.67 bits per heavy atom. The van der Waals surface area contributed by atoms with Crippen molar-refractivity contribution in [1.82, 2.24) is 0 Å². The van der Waals surface area contributed by atoms with Gasteiger partial charge >= 0.3 is 0 Å². The minimum absolute atomic E-state index is 0.115. The highest BCUT2D eigenvalue weighted by molar-refractivity contribution is 7.67. The number of rotatable bonds is 7. The van der Waals surface area contributed by atoms with Gasteiger partial charge in [-0.15, -0.1) is 0 Å². The molecule has 164 valence electrons. The van der Waals surface area contributed by atoms with Gasteiger partial charge in [0.1, 0.15) is 0 Å². The molecule has 3 rings (SSSR count). The zero-order valence-corrected chi connectivity index (χ0v) is 19.8. The highest BCUT2D eigenvalue weighted by atomic mass is 31.2. The van der Waals surface area contributed by atoms with Crippen molar-refractivity contribution in [2.45, 2.75) is 52.0 Å². The molecular weight excluding hydrogens is 393 g/mol. The summed E-state index contributed by atoms with van der Waals surface area (Å²) < 4.78 is 20.9. The lowest BCUT2D eigenvalue weighted by Gasteiger charge is -2.39. The van der Waals surface area contributed by atoms with E-state index in [1.807, 2.05) is 73.6 Å². The van der Waals surface area contributed by atoms with Crippen molar-refractivity contribution < 1.29 is 14.2 Å². The number of anilines is 1. The van der Waals surface area contributed by atoms with Crippen LogP contribution >= 0.6 is 7.37 Å². The third-order valence-electron chi connectivity index (χ3n) is 6.40. The van der Waals surface area contributed by atoms with Gasteiger partial charge in [0.2, 0.25) is 0 Å². The molecule has 1 N–H and O–H groups in total. The Morgan fingerprint density at radius 3 is 2.23 bits per heavy atom. The molecule has 0 bridgehead atoms. The molecule has 30 heavy (non-hydrogen) atoms. The molecule has 4 nitrogen and oxygen atoms in total. The summed E-state index contributed by atoms with van der Waals surface area (Å²) in [6, 6.07) is 16.8. The molecule has 0 radical (unpaired) electrons. The van der Waals surface area contributed by atoms with E-state index in [4.69, 9.17) is 4.52 Å². The fraction of sp³-hybridized carbons (Fsp3) is 0.520. The Morgan fingerprint density at radius 1 is 1.03 bits per heavy atom. The predicted octanol–water partition coefficient (Wildman–Crippen LogP) is 5.82. The standard InChI is InChI=1S/C25H36NO3P/c1-18(2)23-16-11-19(3)17-24(23)29-30(28,22-9-7-6-8-10-22)25(27)20-12-14-21(15-13-20)26(4)5/h6-10,12-15,18-19,23-25,27H,11,16-17H2,1-5H3/t19-,23+,24-,25?,30?/m1/s1. The lowest BCUT2D eigenvalue weighted by Crippen LogP contribution is -2.35. The first-order valence-corrected chi connectivity index (χ1v) is 12.7. The molecule has 2 aromatic carbocycles. The maximum Gasteiger partial charge on any atom is 0.264 e. The van der Waals surface area contributed by atoms with Gasteiger partial charge in [-0.1, -0.05) is 57.5 Å². The number of nitrogens with zero attached hydrogens (tertiary/aromatic N) is 1. The monoisotopic (exact) mass is 429 g/mol. The quantitative estimate of drug-likeness (QED) is 0.563. The first-order valence-electron chi connectivity index (χ1n) is 11.0. The minimum Gasteiger partial charge on any atom is -0.378 e. The van der Waals surface area contributed by atoms with Crippen molar-refractivity contribution in [3.8, 4) is 0 Å². The second kappa shape index (κ2) is 9.68. The molecule has 1 aliphatic carbocycles. The lowest BCUT2D eigenvalue weighted by atomic mass is 9.75. The van der Waals surface area contributed by atoms with E-state index in [9.17, 15) is 9.67 Å². The zero-order chi connectivity index (χ0) is 21.9. The fourth-order valence-electron chi connectivity index (χ4n) is 4.47. The number of hydrogen-bond donors (Lipinski definition) is 1. The Balaban J connectivity index is 1.98. The third-order valence-corrected chi connectivity index (χ3v) is 8.94. The molecule has 1 saturated carbocycles. The maximum atomic E-state index is 14.4. The molecule has 1 fully saturated rings. The predicted molar refractivity (Wildman–Crippen MR) is 126 cm³/mol. The average Bonchev–Trinajstić information content (AvgIpc) is 2.73. The Hall–Kier alpha value is -1.61. The normalized spacial score (nSPS) is 25.0. The highest BCUT2D eigenvalue weighted by Gasteiger charge is 2.42. The van der Waals surface area contributed by atoms with Crippen molar-refractivity contribution in [3.05, 3.63) is 60.2 Å². The van der Waals surface area contributed by atoms with E-state index < -0.39 is 13.2 Å². The first-order chi connectivity index (χ1) is 14.2. The van der Waals surface area contributed by atoms with Crippen molar-refractivity contribution in [2.24, 2.45) is 17.8 Å². The van der Waals surface area contributed by atoms with Gasteiger partial charge in [-0.3, -0.25) is 4.57 Å². The second-order valence-electron chi connectivity index (χ2n) is 9.26. The summed E-state index contributed by atoms with van der Waals surface area (Å²) in [6.07, 6.45) is 3.01. The Kier molecular flexibility index (Phi) is 7.44. The van der Waals surface area contributed by atoms with Crippen molar-refractivity contribution >= 4 is 18.4 Å². The molecular formula is C25H36NO3P. The molecule has 5 heteroatoms. The van der Waals surface area contributed by atoms with Gasteiger partial charge < -0.3 is 14.5 Å². The van der Waals surface area contributed by atoms with Crippen LogP contribution in [0.15, 0.2) is 54.6 Å². The molecule has 0 aromatic heterocycles. The lowest BCUT2D eigenvalue weighted by molar-refractivity contribution is 0.0427. The van der Waals surface area contributed by atoms with Crippen LogP contribution in [0.2, 0.25) is 0 Å². The van der Waals surface area contributed by atoms with Crippen LogP contribution in [0, 0.1) is 17.8 Å². The van der Waals surface area contributed by atoms with Crippen LogP contribution in [0.5, 0.6) is 0 Å². The summed E-state index contributed by atoms with van der Waals surface area (Å²) in [6.45, 7) is 6.65. The van der Waals surface area contributed by atoms with E-state index in [1.165, 1.54) is 6.42 Å². The van der Waals surface area contributed by atoms with Crippen LogP contribution in [-0.4, -0.2) is 25.3 Å². The maximum absolute atomic E-state index is 14.4. The molecule has 0 amide bonds. The molecule has 1 aliphatic rings. The van der Waals surface area contributed by atoms with Crippen LogP contribution in [0.4, 0.5) is 5.69 Å². The van der Waals surface area contributed by atoms with Gasteiger partial charge in [0.05, 0.1) is 6.10 Å². The number of benzene rings is 2. The van der Waals surface area contributed by atoms with Crippen molar-refractivity contribution in [3.63, 3.8) is 0 Å². The molecule has 0 aliphatic heterocycles. The molecule has 2 aromatic rings. The van der Waals surface area contributed by atoms with Crippen LogP contribution in [-0.2, 0) is 9.09 Å². The van der Waals surface area contributed by atoms with E-state index in [0.29, 0.717) is 28.6 Å². The number of hydrogen-bond acceptors (Lipinski definition) is 4. The summed E-state index contributed by atoms with van der Waals surface area (Å²) in [4.78, 5) is 2.00. The van der Waals surface area contributed by atoms with Crippen LogP contribution in [0.3, 0.4) is 0 Å². The molecule has 0 saturated heterocycles. The number of aliphatic hydroxyl groups is 1. The Labute approximate surface area is 181 Å². The van der Waals surface area contributed by atoms with Gasteiger partial charge in [-0.25, -0.2) is 0 Å². The van der Waals surface area contributed by atoms with E-state index in [1.54, 1.807) is 0 Å². The highest BCUT2D eigenvalue weighted by Crippen LogP contribution is 2.60. The fourth-order valence-corrected chi connectivity index (χ4v) is 6.79. The van der Waals surface area contributed by atoms with E-state index in [-0.39, 0.29) is 6.10 Å². The Bertz CT molecular complexity index is 850. The van der Waals surface area contributed by atoms with Crippen LogP contribution in [0.25, 0.3) is 0 Å². The summed E-state index contributed by atoms with van der Waals surface area (Å²) >= 11 is 0. The van der Waals surface area contributed by atoms with Gasteiger partial charge in [0, 0.05) is 25.1 Å². The topological polar surface area (TPSA) is 49.8 Å². The average molecular weight is 430 g/mol. The van der Waals surface area contributed by atoms with Crippen LogP contribution in [0.1, 0.15) is 51.4 Å². The van der Waals surface area contributed by atoms with Gasteiger partial charge in [-0.05, 0) is 60.4 Å². The molecule has 0 spiro atoms. The first kappa shape index (κ1) is 23.1. The smallest absolute Gasteiger partial charge is 0.264 e. The van der Waals surface area contributed by atoms with E-state index >= 15 is 0 Å². The van der Waals surface area contributed by atoms with E-state index in [0.717, 1.165) is 18.5 Å². The van der Waals surface area contributed by atoms with Crippen molar-refractivity contribution in [1.29, 1.82) is 0 Å². The van der Waals surface area contributed by atoms with Gasteiger partial charge in [0.15, 0.2) is 5.85 Å². The summed E-state index contributed by atoms with van der Waals surface area (Å²) in [5.41, 5.74) is 1.65. The van der Waals surface area contributed by atoms with Crippen molar-refractivity contribution in [2.75, 3.05) is 19.0 Å². The summed E-state index contributed by atoms with van der Waals surface area (Å²) in [5.74, 6) is 0.136. The van der Waals surface area contributed by atoms with Crippen LogP contribution < -0.4 is 10.2 Å². The van der Waals surface area contributed by atoms with Gasteiger partial charge in [0.25, 0.3) is 7.37 Å². The summed E-state index contributed by atoms with van der Waals surface area (Å²) in [5, 5.41) is 11.9. The molecule has 0 heterocycles. The second-order valence-corrected chi connectivity index (χ2v) is 11.7. The SMILES string of the molecule is CC(C)[C@@H]1CC[C@@H](C)C[C@H]1OP(=O)(c1ccccc1)C(O)c1ccc(N(C)C)cc1. The third kappa shape index (κ3) is 4.99. The summed E-state index contributed by atoms with van der Waals surface area (Å²) in [7, 11) is 0.390. The molecule has 2 unspecified atom stereocenters. The molecule has 5 atom stereocenters. The van der Waals surface area contributed by atoms with Gasteiger partial charge in [-0.2, -0.15) is 0 Å². The largest absolute Gasteiger partial charge is 0.378 e. The zero-order valence-electron chi connectivity index (χ0n) is 18.9. The minimum atomic E-state index is -3.55. The number of aliphatic hydroxyl groups excluding tert-OH is 1.